The zero-order valence-corrected chi connectivity index (χ0v) is 8.37. The third-order valence-electron chi connectivity index (χ3n) is 1.94. The molecule has 4 heteroatoms. The van der Waals surface area contributed by atoms with Gasteiger partial charge >= 0.3 is 0 Å². The van der Waals surface area contributed by atoms with Crippen LogP contribution in [0.5, 0.6) is 11.5 Å². The molecule has 0 aliphatic heterocycles. The van der Waals surface area contributed by atoms with Crippen LogP contribution in [0.15, 0.2) is 12.1 Å². The molecule has 0 radical (unpaired) electrons. The highest BCUT2D eigenvalue weighted by molar-refractivity contribution is 5.62. The summed E-state index contributed by atoms with van der Waals surface area (Å²) in [6.07, 6.45) is 0. The van der Waals surface area contributed by atoms with Gasteiger partial charge in [0.15, 0.2) is 0 Å². The second-order valence-electron chi connectivity index (χ2n) is 2.99. The summed E-state index contributed by atoms with van der Waals surface area (Å²) in [5.74, 6) is 0.875. The number of ether oxygens (including phenoxy) is 1. The van der Waals surface area contributed by atoms with Crippen molar-refractivity contribution in [3.63, 3.8) is 0 Å². The van der Waals surface area contributed by atoms with Crippen LogP contribution in [0.25, 0.3) is 0 Å². The lowest BCUT2D eigenvalue weighted by Gasteiger charge is -2.11. The molecule has 0 fully saturated rings. The van der Waals surface area contributed by atoms with E-state index in [0.717, 1.165) is 5.56 Å². The van der Waals surface area contributed by atoms with Crippen molar-refractivity contribution < 1.29 is 14.9 Å². The lowest BCUT2D eigenvalue weighted by molar-refractivity contribution is 0.311. The Hall–Kier alpha value is -1.42. The van der Waals surface area contributed by atoms with Crippen molar-refractivity contribution in [2.24, 2.45) is 0 Å². The average molecular weight is 197 g/mol. The maximum Gasteiger partial charge on any atom is 0.141 e. The first-order valence-electron chi connectivity index (χ1n) is 4.41. The highest BCUT2D eigenvalue weighted by atomic mass is 16.5. The van der Waals surface area contributed by atoms with Crippen LogP contribution in [0.2, 0.25) is 0 Å². The molecule has 0 spiro atoms. The molecule has 3 N–H and O–H groups in total. The standard InChI is InChI=1S/C10H15NO3/c1-7-5-8(14-2)6-9(10(7)13)11-3-4-12/h5-6,11-13H,3-4H2,1-2H3. The van der Waals surface area contributed by atoms with E-state index in [9.17, 15) is 5.11 Å². The van der Waals surface area contributed by atoms with E-state index in [1.54, 1.807) is 26.2 Å². The van der Waals surface area contributed by atoms with Gasteiger partial charge in [0.1, 0.15) is 11.5 Å². The van der Waals surface area contributed by atoms with Crippen LogP contribution in [-0.2, 0) is 0 Å². The molecule has 1 rings (SSSR count). The maximum atomic E-state index is 9.64. The molecule has 0 heterocycles. The van der Waals surface area contributed by atoms with Gasteiger partial charge < -0.3 is 20.3 Å². The highest BCUT2D eigenvalue weighted by Gasteiger charge is 2.06. The van der Waals surface area contributed by atoms with Gasteiger partial charge in [0.05, 0.1) is 19.4 Å². The SMILES string of the molecule is COc1cc(C)c(O)c(NCCO)c1. The molecule has 0 aliphatic carbocycles. The summed E-state index contributed by atoms with van der Waals surface area (Å²) in [6.45, 7) is 2.22. The van der Waals surface area contributed by atoms with Crippen molar-refractivity contribution in [2.75, 3.05) is 25.6 Å². The van der Waals surface area contributed by atoms with E-state index in [4.69, 9.17) is 9.84 Å². The Labute approximate surface area is 83.1 Å². The van der Waals surface area contributed by atoms with Crippen LogP contribution >= 0.6 is 0 Å². The number of aryl methyl sites for hydroxylation is 1. The highest BCUT2D eigenvalue weighted by Crippen LogP contribution is 2.31. The minimum absolute atomic E-state index is 0.0235. The third-order valence-corrected chi connectivity index (χ3v) is 1.94. The summed E-state index contributed by atoms with van der Waals surface area (Å²) in [4.78, 5) is 0. The Morgan fingerprint density at radius 2 is 2.14 bits per heavy atom. The van der Waals surface area contributed by atoms with Crippen LogP contribution in [0, 0.1) is 6.92 Å². The lowest BCUT2D eigenvalue weighted by Crippen LogP contribution is -2.06. The Balaban J connectivity index is 2.95. The molecule has 1 aromatic carbocycles. The van der Waals surface area contributed by atoms with E-state index >= 15 is 0 Å². The normalized spacial score (nSPS) is 9.93. The number of hydrogen-bond donors (Lipinski definition) is 3. The van der Waals surface area contributed by atoms with Crippen molar-refractivity contribution in [1.29, 1.82) is 0 Å². The van der Waals surface area contributed by atoms with E-state index in [1.807, 2.05) is 0 Å². The molecule has 0 aromatic heterocycles. The average Bonchev–Trinajstić information content (AvgIpc) is 2.20. The van der Waals surface area contributed by atoms with E-state index in [0.29, 0.717) is 18.0 Å². The Kier molecular flexibility index (Phi) is 3.59. The minimum Gasteiger partial charge on any atom is -0.506 e. The Morgan fingerprint density at radius 1 is 1.43 bits per heavy atom. The van der Waals surface area contributed by atoms with Gasteiger partial charge in [-0.15, -0.1) is 0 Å². The second-order valence-corrected chi connectivity index (χ2v) is 2.99. The van der Waals surface area contributed by atoms with E-state index in [1.165, 1.54) is 0 Å². The molecule has 0 saturated carbocycles. The molecule has 14 heavy (non-hydrogen) atoms. The predicted octanol–water partition coefficient (Wildman–Crippen LogP) is 1.11. The number of aliphatic hydroxyl groups excluding tert-OH is 1. The number of phenolic OH excluding ortho intramolecular Hbond substituents is 1. The van der Waals surface area contributed by atoms with Crippen molar-refractivity contribution in [3.05, 3.63) is 17.7 Å². The summed E-state index contributed by atoms with van der Waals surface area (Å²) in [6, 6.07) is 3.44. The summed E-state index contributed by atoms with van der Waals surface area (Å²) in [5, 5.41) is 21.2. The molecule has 0 amide bonds. The van der Waals surface area contributed by atoms with E-state index < -0.39 is 0 Å². The lowest BCUT2D eigenvalue weighted by atomic mass is 10.2. The third kappa shape index (κ3) is 2.29. The van der Waals surface area contributed by atoms with Gasteiger partial charge in [-0.05, 0) is 18.6 Å². The quantitative estimate of drug-likeness (QED) is 0.633. The number of rotatable bonds is 4. The number of aromatic hydroxyl groups is 1. The summed E-state index contributed by atoms with van der Waals surface area (Å²) in [5.41, 5.74) is 1.32. The van der Waals surface area contributed by atoms with E-state index in [2.05, 4.69) is 5.32 Å². The Bertz CT molecular complexity index is 312. The molecule has 0 saturated heterocycles. The van der Waals surface area contributed by atoms with Gasteiger partial charge in [0, 0.05) is 12.6 Å². The van der Waals surface area contributed by atoms with Crippen LogP contribution in [0.4, 0.5) is 5.69 Å². The van der Waals surface area contributed by atoms with Crippen molar-refractivity contribution in [2.45, 2.75) is 6.92 Å². The summed E-state index contributed by atoms with van der Waals surface area (Å²) in [7, 11) is 1.57. The molecule has 0 bridgehead atoms. The summed E-state index contributed by atoms with van der Waals surface area (Å²) >= 11 is 0. The topological polar surface area (TPSA) is 61.7 Å². The number of benzene rings is 1. The molecule has 0 aliphatic rings. The minimum atomic E-state index is 0.0235. The second kappa shape index (κ2) is 4.72. The van der Waals surface area contributed by atoms with Crippen molar-refractivity contribution in [3.8, 4) is 11.5 Å². The van der Waals surface area contributed by atoms with Gasteiger partial charge in [-0.2, -0.15) is 0 Å². The fourth-order valence-corrected chi connectivity index (χ4v) is 1.19. The predicted molar refractivity (Wildman–Crippen MR) is 55.0 cm³/mol. The number of anilines is 1. The molecule has 78 valence electrons. The maximum absolute atomic E-state index is 9.64. The first kappa shape index (κ1) is 10.7. The van der Waals surface area contributed by atoms with Gasteiger partial charge in [-0.3, -0.25) is 0 Å². The first-order valence-corrected chi connectivity index (χ1v) is 4.41. The number of aliphatic hydroxyl groups is 1. The van der Waals surface area contributed by atoms with Crippen molar-refractivity contribution >= 4 is 5.69 Å². The largest absolute Gasteiger partial charge is 0.506 e. The number of hydrogen-bond acceptors (Lipinski definition) is 4. The molecule has 4 nitrogen and oxygen atoms in total. The van der Waals surface area contributed by atoms with Gasteiger partial charge in [-0.1, -0.05) is 0 Å². The van der Waals surface area contributed by atoms with Crippen molar-refractivity contribution in [1.82, 2.24) is 0 Å². The first-order chi connectivity index (χ1) is 6.69. The van der Waals surface area contributed by atoms with Crippen LogP contribution < -0.4 is 10.1 Å². The fourth-order valence-electron chi connectivity index (χ4n) is 1.19. The zero-order chi connectivity index (χ0) is 10.6. The number of phenols is 1. The van der Waals surface area contributed by atoms with Crippen LogP contribution in [0.3, 0.4) is 0 Å². The molecule has 0 atom stereocenters. The van der Waals surface area contributed by atoms with E-state index in [-0.39, 0.29) is 12.4 Å². The van der Waals surface area contributed by atoms with Gasteiger partial charge in [-0.25, -0.2) is 0 Å². The monoisotopic (exact) mass is 197 g/mol. The number of nitrogens with one attached hydrogen (secondary N) is 1. The van der Waals surface area contributed by atoms with Gasteiger partial charge in [0.2, 0.25) is 0 Å². The summed E-state index contributed by atoms with van der Waals surface area (Å²) < 4.78 is 5.06. The molecular weight excluding hydrogens is 182 g/mol. The Morgan fingerprint density at radius 3 is 2.71 bits per heavy atom. The number of methoxy groups -OCH3 is 1. The smallest absolute Gasteiger partial charge is 0.141 e. The van der Waals surface area contributed by atoms with Crippen LogP contribution in [-0.4, -0.2) is 30.5 Å². The van der Waals surface area contributed by atoms with Crippen LogP contribution in [0.1, 0.15) is 5.56 Å². The fraction of sp³-hybridized carbons (Fsp3) is 0.400. The van der Waals surface area contributed by atoms with Gasteiger partial charge in [0.25, 0.3) is 0 Å². The molecule has 0 unspecified atom stereocenters. The molecular formula is C10H15NO3. The molecule has 1 aromatic rings. The zero-order valence-electron chi connectivity index (χ0n) is 8.37.